The molecule has 18 heavy (non-hydrogen) atoms. The first-order valence-electron chi connectivity index (χ1n) is 5.61. The molecule has 1 N–H and O–H groups in total. The first kappa shape index (κ1) is 12.9. The van der Waals surface area contributed by atoms with E-state index in [1.165, 1.54) is 0 Å². The van der Waals surface area contributed by atoms with E-state index in [2.05, 4.69) is 15.5 Å². The van der Waals surface area contributed by atoms with Crippen molar-refractivity contribution in [2.45, 2.75) is 13.5 Å². The van der Waals surface area contributed by atoms with Crippen LogP contribution >= 0.6 is 11.6 Å². The molecule has 0 fully saturated rings. The molecule has 0 spiro atoms. The third kappa shape index (κ3) is 2.80. The van der Waals surface area contributed by atoms with Crippen LogP contribution in [-0.4, -0.2) is 23.9 Å². The van der Waals surface area contributed by atoms with Crippen LogP contribution in [0.1, 0.15) is 12.8 Å². The van der Waals surface area contributed by atoms with E-state index in [1.807, 2.05) is 6.92 Å². The third-order valence-electron chi connectivity index (χ3n) is 2.39. The van der Waals surface area contributed by atoms with Crippen molar-refractivity contribution in [1.82, 2.24) is 15.5 Å². The van der Waals surface area contributed by atoms with Crippen LogP contribution in [-0.2, 0) is 6.54 Å². The average molecular weight is 268 g/mol. The summed E-state index contributed by atoms with van der Waals surface area (Å²) in [6, 6.07) is 5.26. The standard InChI is InChI=1S/C12H14ClN3O2/c1-3-14-7-11-15-16-12(18-11)9-6-8(13)4-5-10(9)17-2/h4-6,14H,3,7H2,1-2H3. The Morgan fingerprint density at radius 3 is 2.94 bits per heavy atom. The minimum absolute atomic E-state index is 0.405. The molecular weight excluding hydrogens is 254 g/mol. The molecule has 0 aliphatic rings. The number of hydrogen-bond acceptors (Lipinski definition) is 5. The van der Waals surface area contributed by atoms with Crippen LogP contribution in [0.3, 0.4) is 0 Å². The Kier molecular flexibility index (Phi) is 4.17. The molecule has 0 atom stereocenters. The molecule has 1 heterocycles. The van der Waals surface area contributed by atoms with Crippen LogP contribution in [0.25, 0.3) is 11.5 Å². The normalized spacial score (nSPS) is 10.6. The van der Waals surface area contributed by atoms with Crippen LogP contribution in [0.2, 0.25) is 5.02 Å². The number of rotatable bonds is 5. The molecule has 1 aromatic carbocycles. The summed E-state index contributed by atoms with van der Waals surface area (Å²) in [6.07, 6.45) is 0. The van der Waals surface area contributed by atoms with E-state index in [1.54, 1.807) is 25.3 Å². The number of ether oxygens (including phenoxy) is 1. The van der Waals surface area contributed by atoms with E-state index in [0.717, 1.165) is 6.54 Å². The summed E-state index contributed by atoms with van der Waals surface area (Å²) in [5, 5.41) is 11.7. The zero-order valence-corrected chi connectivity index (χ0v) is 11.0. The molecule has 0 amide bonds. The fourth-order valence-corrected chi connectivity index (χ4v) is 1.69. The fourth-order valence-electron chi connectivity index (χ4n) is 1.51. The number of nitrogens with one attached hydrogen (secondary N) is 1. The van der Waals surface area contributed by atoms with Crippen molar-refractivity contribution in [3.8, 4) is 17.2 Å². The minimum Gasteiger partial charge on any atom is -0.496 e. The van der Waals surface area contributed by atoms with E-state index >= 15 is 0 Å². The maximum atomic E-state index is 5.96. The lowest BCUT2D eigenvalue weighted by Crippen LogP contribution is -2.11. The van der Waals surface area contributed by atoms with Gasteiger partial charge in [-0.2, -0.15) is 0 Å². The molecule has 0 radical (unpaired) electrons. The lowest BCUT2D eigenvalue weighted by Gasteiger charge is -2.04. The van der Waals surface area contributed by atoms with E-state index < -0.39 is 0 Å². The van der Waals surface area contributed by atoms with Gasteiger partial charge in [0.1, 0.15) is 5.75 Å². The van der Waals surface area contributed by atoms with Gasteiger partial charge in [0.2, 0.25) is 5.89 Å². The summed E-state index contributed by atoms with van der Waals surface area (Å²) >= 11 is 5.96. The van der Waals surface area contributed by atoms with E-state index in [-0.39, 0.29) is 0 Å². The number of hydrogen-bond donors (Lipinski definition) is 1. The molecule has 0 aliphatic carbocycles. The highest BCUT2D eigenvalue weighted by atomic mass is 35.5. The number of halogens is 1. The van der Waals surface area contributed by atoms with Crippen LogP contribution < -0.4 is 10.1 Å². The second-order valence-electron chi connectivity index (χ2n) is 3.63. The van der Waals surface area contributed by atoms with Gasteiger partial charge in [-0.1, -0.05) is 18.5 Å². The zero-order valence-electron chi connectivity index (χ0n) is 10.2. The lowest BCUT2D eigenvalue weighted by atomic mass is 10.2. The third-order valence-corrected chi connectivity index (χ3v) is 2.62. The Labute approximate surface area is 110 Å². The summed E-state index contributed by atoms with van der Waals surface area (Å²) in [5.74, 6) is 1.59. The molecule has 0 saturated heterocycles. The second-order valence-corrected chi connectivity index (χ2v) is 4.06. The summed E-state index contributed by atoms with van der Waals surface area (Å²) in [4.78, 5) is 0. The minimum atomic E-state index is 0.405. The molecule has 96 valence electrons. The second kappa shape index (κ2) is 5.84. The highest BCUT2D eigenvalue weighted by Crippen LogP contribution is 2.31. The van der Waals surface area contributed by atoms with Gasteiger partial charge in [0.25, 0.3) is 5.89 Å². The van der Waals surface area contributed by atoms with Crippen LogP contribution in [0.5, 0.6) is 5.75 Å². The van der Waals surface area contributed by atoms with Gasteiger partial charge in [0, 0.05) is 5.02 Å². The molecule has 0 bridgehead atoms. The SMILES string of the molecule is CCNCc1nnc(-c2cc(Cl)ccc2OC)o1. The molecule has 6 heteroatoms. The van der Waals surface area contributed by atoms with Crippen molar-refractivity contribution in [2.24, 2.45) is 0 Å². The quantitative estimate of drug-likeness (QED) is 0.902. The smallest absolute Gasteiger partial charge is 0.251 e. The van der Waals surface area contributed by atoms with Crippen molar-refractivity contribution in [1.29, 1.82) is 0 Å². The topological polar surface area (TPSA) is 60.2 Å². The molecule has 0 aliphatic heterocycles. The number of aromatic nitrogens is 2. The van der Waals surface area contributed by atoms with E-state index in [4.69, 9.17) is 20.8 Å². The molecule has 5 nitrogen and oxygen atoms in total. The van der Waals surface area contributed by atoms with Gasteiger partial charge in [-0.15, -0.1) is 10.2 Å². The summed E-state index contributed by atoms with van der Waals surface area (Å²) in [5.41, 5.74) is 0.695. The fraction of sp³-hybridized carbons (Fsp3) is 0.333. The van der Waals surface area contributed by atoms with Gasteiger partial charge in [0.05, 0.1) is 19.2 Å². The lowest BCUT2D eigenvalue weighted by molar-refractivity contribution is 0.413. The number of methoxy groups -OCH3 is 1. The first-order valence-corrected chi connectivity index (χ1v) is 5.99. The van der Waals surface area contributed by atoms with Crippen LogP contribution in [0.4, 0.5) is 0 Å². The van der Waals surface area contributed by atoms with Gasteiger partial charge in [-0.05, 0) is 24.7 Å². The van der Waals surface area contributed by atoms with Crippen molar-refractivity contribution < 1.29 is 9.15 Å². The predicted octanol–water partition coefficient (Wildman–Crippen LogP) is 2.51. The Morgan fingerprint density at radius 1 is 1.39 bits per heavy atom. The Morgan fingerprint density at radius 2 is 2.22 bits per heavy atom. The maximum absolute atomic E-state index is 5.96. The van der Waals surface area contributed by atoms with Crippen molar-refractivity contribution in [3.63, 3.8) is 0 Å². The molecular formula is C12H14ClN3O2. The largest absolute Gasteiger partial charge is 0.496 e. The van der Waals surface area contributed by atoms with E-state index in [9.17, 15) is 0 Å². The van der Waals surface area contributed by atoms with Gasteiger partial charge in [-0.3, -0.25) is 0 Å². The highest BCUT2D eigenvalue weighted by molar-refractivity contribution is 6.30. The Bertz CT molecular complexity index is 528. The van der Waals surface area contributed by atoms with E-state index in [0.29, 0.717) is 34.7 Å². The average Bonchev–Trinajstić information content (AvgIpc) is 2.85. The number of benzene rings is 1. The first-order chi connectivity index (χ1) is 8.74. The molecule has 0 unspecified atom stereocenters. The van der Waals surface area contributed by atoms with Gasteiger partial charge < -0.3 is 14.5 Å². The Balaban J connectivity index is 2.30. The summed E-state index contributed by atoms with van der Waals surface area (Å²) in [7, 11) is 1.59. The van der Waals surface area contributed by atoms with Gasteiger partial charge in [0.15, 0.2) is 0 Å². The monoisotopic (exact) mass is 267 g/mol. The maximum Gasteiger partial charge on any atom is 0.251 e. The zero-order chi connectivity index (χ0) is 13.0. The van der Waals surface area contributed by atoms with Gasteiger partial charge in [-0.25, -0.2) is 0 Å². The Hall–Kier alpha value is -1.59. The molecule has 2 aromatic rings. The van der Waals surface area contributed by atoms with Crippen LogP contribution in [0.15, 0.2) is 22.6 Å². The van der Waals surface area contributed by atoms with Gasteiger partial charge >= 0.3 is 0 Å². The summed E-state index contributed by atoms with van der Waals surface area (Å²) < 4.78 is 10.8. The molecule has 0 saturated carbocycles. The van der Waals surface area contributed by atoms with Crippen molar-refractivity contribution >= 4 is 11.6 Å². The van der Waals surface area contributed by atoms with Crippen molar-refractivity contribution in [2.75, 3.05) is 13.7 Å². The number of nitrogens with zero attached hydrogens (tertiary/aromatic N) is 2. The highest BCUT2D eigenvalue weighted by Gasteiger charge is 2.13. The predicted molar refractivity (Wildman–Crippen MR) is 68.7 cm³/mol. The van der Waals surface area contributed by atoms with Crippen molar-refractivity contribution in [3.05, 3.63) is 29.1 Å². The van der Waals surface area contributed by atoms with Crippen LogP contribution in [0, 0.1) is 0 Å². The molecule has 1 aromatic heterocycles. The molecule has 2 rings (SSSR count). The summed E-state index contributed by atoms with van der Waals surface area (Å²) in [6.45, 7) is 3.40.